The van der Waals surface area contributed by atoms with Crippen molar-refractivity contribution in [2.24, 2.45) is 0 Å². The second kappa shape index (κ2) is 7.79. The first-order chi connectivity index (χ1) is 10.9. The van der Waals surface area contributed by atoms with Crippen LogP contribution in [0, 0.1) is 0 Å². The summed E-state index contributed by atoms with van der Waals surface area (Å²) in [6.07, 6.45) is 1.57. The molecule has 1 aliphatic carbocycles. The first kappa shape index (κ1) is 17.8. The predicted octanol–water partition coefficient (Wildman–Crippen LogP) is 2.98. The number of amides is 1. The molecule has 0 heterocycles. The van der Waals surface area contributed by atoms with E-state index in [1.165, 1.54) is 11.1 Å². The number of alkyl carbamates (subject to hydrolysis) is 1. The maximum atomic E-state index is 11.7. The average Bonchev–Trinajstić information content (AvgIpc) is 2.41. The lowest BCUT2D eigenvalue weighted by molar-refractivity contribution is 0.0465. The second-order valence-corrected chi connectivity index (χ2v) is 7.14. The number of benzene rings is 1. The van der Waals surface area contributed by atoms with Crippen LogP contribution in [0.5, 0.6) is 0 Å². The van der Waals surface area contributed by atoms with Crippen molar-refractivity contribution in [3.63, 3.8) is 0 Å². The smallest absolute Gasteiger partial charge is 0.407 e. The van der Waals surface area contributed by atoms with Crippen LogP contribution in [0.1, 0.15) is 44.7 Å². The molecular formula is C18H28N2O3. The Hall–Kier alpha value is -1.59. The molecule has 1 aromatic rings. The molecule has 0 atom stereocenters. The number of rotatable bonds is 6. The number of methoxy groups -OCH3 is 1. The Labute approximate surface area is 138 Å². The molecule has 0 radical (unpaired) electrons. The van der Waals surface area contributed by atoms with Gasteiger partial charge in [-0.05, 0) is 44.7 Å². The fraction of sp³-hybridized carbons (Fsp3) is 0.611. The van der Waals surface area contributed by atoms with Crippen LogP contribution in [-0.2, 0) is 22.6 Å². The molecule has 1 aromatic carbocycles. The van der Waals surface area contributed by atoms with Gasteiger partial charge < -0.3 is 20.1 Å². The summed E-state index contributed by atoms with van der Waals surface area (Å²) >= 11 is 0. The molecule has 0 aromatic heterocycles. The van der Waals surface area contributed by atoms with Crippen molar-refractivity contribution in [1.82, 2.24) is 10.6 Å². The van der Waals surface area contributed by atoms with Crippen LogP contribution in [0.15, 0.2) is 24.3 Å². The number of carbonyl (C=O) groups excluding carboxylic acids is 1. The van der Waals surface area contributed by atoms with Gasteiger partial charge in [-0.15, -0.1) is 0 Å². The molecular weight excluding hydrogens is 292 g/mol. The Morgan fingerprint density at radius 2 is 1.74 bits per heavy atom. The maximum Gasteiger partial charge on any atom is 0.407 e. The van der Waals surface area contributed by atoms with Gasteiger partial charge in [0.25, 0.3) is 0 Å². The van der Waals surface area contributed by atoms with E-state index in [2.05, 4.69) is 34.9 Å². The van der Waals surface area contributed by atoms with Crippen molar-refractivity contribution in [3.8, 4) is 0 Å². The quantitative estimate of drug-likeness (QED) is 0.846. The third-order valence-corrected chi connectivity index (χ3v) is 3.79. The van der Waals surface area contributed by atoms with Crippen molar-refractivity contribution in [3.05, 3.63) is 35.4 Å². The third-order valence-electron chi connectivity index (χ3n) is 3.79. The van der Waals surface area contributed by atoms with E-state index in [4.69, 9.17) is 9.47 Å². The van der Waals surface area contributed by atoms with Gasteiger partial charge in [-0.25, -0.2) is 4.79 Å². The van der Waals surface area contributed by atoms with Crippen LogP contribution in [-0.4, -0.2) is 30.9 Å². The van der Waals surface area contributed by atoms with E-state index < -0.39 is 5.60 Å². The normalized spacial score (nSPS) is 20.7. The summed E-state index contributed by atoms with van der Waals surface area (Å²) in [5, 5.41) is 6.42. The van der Waals surface area contributed by atoms with E-state index in [1.54, 1.807) is 7.11 Å². The molecule has 0 saturated heterocycles. The summed E-state index contributed by atoms with van der Waals surface area (Å²) in [6.45, 7) is 7.10. The zero-order chi connectivity index (χ0) is 16.9. The molecule has 2 rings (SSSR count). The Morgan fingerprint density at radius 1 is 1.13 bits per heavy atom. The zero-order valence-corrected chi connectivity index (χ0v) is 14.5. The minimum absolute atomic E-state index is 0.214. The highest BCUT2D eigenvalue weighted by Crippen LogP contribution is 2.21. The van der Waals surface area contributed by atoms with Crippen LogP contribution in [0.4, 0.5) is 4.79 Å². The molecule has 1 amide bonds. The first-order valence-electron chi connectivity index (χ1n) is 8.15. The van der Waals surface area contributed by atoms with Gasteiger partial charge in [0.1, 0.15) is 5.60 Å². The summed E-state index contributed by atoms with van der Waals surface area (Å²) < 4.78 is 10.4. The number of ether oxygens (including phenoxy) is 2. The minimum Gasteiger partial charge on any atom is -0.444 e. The average molecular weight is 320 g/mol. The fourth-order valence-electron chi connectivity index (χ4n) is 2.56. The molecule has 0 aliphatic heterocycles. The van der Waals surface area contributed by atoms with Gasteiger partial charge in [0.2, 0.25) is 0 Å². The Balaban J connectivity index is 1.63. The fourth-order valence-corrected chi connectivity index (χ4v) is 2.56. The second-order valence-electron chi connectivity index (χ2n) is 7.14. The van der Waals surface area contributed by atoms with E-state index in [9.17, 15) is 4.79 Å². The van der Waals surface area contributed by atoms with E-state index in [1.807, 2.05) is 20.8 Å². The number of hydrogen-bond acceptors (Lipinski definition) is 4. The van der Waals surface area contributed by atoms with Crippen molar-refractivity contribution in [1.29, 1.82) is 0 Å². The number of carbonyl (C=O) groups is 1. The monoisotopic (exact) mass is 320 g/mol. The largest absolute Gasteiger partial charge is 0.444 e. The van der Waals surface area contributed by atoms with Gasteiger partial charge in [-0.2, -0.15) is 0 Å². The molecule has 0 bridgehead atoms. The van der Waals surface area contributed by atoms with E-state index in [0.717, 1.165) is 19.4 Å². The van der Waals surface area contributed by atoms with E-state index in [0.29, 0.717) is 12.6 Å². The summed E-state index contributed by atoms with van der Waals surface area (Å²) in [4.78, 5) is 11.7. The number of hydrogen-bond donors (Lipinski definition) is 2. The summed E-state index contributed by atoms with van der Waals surface area (Å²) in [6, 6.07) is 9.09. The van der Waals surface area contributed by atoms with Gasteiger partial charge in [-0.3, -0.25) is 0 Å². The Bertz CT molecular complexity index is 502. The molecule has 1 aliphatic rings. The topological polar surface area (TPSA) is 59.6 Å². The van der Waals surface area contributed by atoms with Gasteiger partial charge >= 0.3 is 6.09 Å². The molecule has 23 heavy (non-hydrogen) atoms. The van der Waals surface area contributed by atoms with Crippen LogP contribution < -0.4 is 10.6 Å². The third kappa shape index (κ3) is 6.20. The van der Waals surface area contributed by atoms with Crippen molar-refractivity contribution in [2.75, 3.05) is 7.11 Å². The van der Waals surface area contributed by atoms with Crippen LogP contribution in [0.25, 0.3) is 0 Å². The minimum atomic E-state index is -0.444. The Morgan fingerprint density at radius 3 is 2.30 bits per heavy atom. The van der Waals surface area contributed by atoms with Gasteiger partial charge in [-0.1, -0.05) is 24.3 Å². The lowest BCUT2D eigenvalue weighted by Gasteiger charge is -2.36. The van der Waals surface area contributed by atoms with Crippen LogP contribution in [0.3, 0.4) is 0 Å². The van der Waals surface area contributed by atoms with Gasteiger partial charge in [0.05, 0.1) is 6.61 Å². The van der Waals surface area contributed by atoms with Crippen LogP contribution in [0.2, 0.25) is 0 Å². The predicted molar refractivity (Wildman–Crippen MR) is 90.2 cm³/mol. The highest BCUT2D eigenvalue weighted by atomic mass is 16.6. The molecule has 2 N–H and O–H groups in total. The molecule has 128 valence electrons. The Kier molecular flexibility index (Phi) is 6.02. The van der Waals surface area contributed by atoms with Gasteiger partial charge in [0.15, 0.2) is 0 Å². The summed E-state index contributed by atoms with van der Waals surface area (Å²) in [7, 11) is 1.70. The molecule has 5 heteroatoms. The zero-order valence-electron chi connectivity index (χ0n) is 14.5. The SMILES string of the molecule is COCc1ccc(CNC2CC(NC(=O)OC(C)(C)C)C2)cc1. The van der Waals surface area contributed by atoms with Crippen LogP contribution >= 0.6 is 0 Å². The van der Waals surface area contributed by atoms with Crippen molar-refractivity contribution >= 4 is 6.09 Å². The molecule has 1 saturated carbocycles. The summed E-state index contributed by atoms with van der Waals surface area (Å²) in [5.41, 5.74) is 2.00. The highest BCUT2D eigenvalue weighted by molar-refractivity contribution is 5.68. The molecule has 0 spiro atoms. The van der Waals surface area contributed by atoms with Crippen molar-refractivity contribution in [2.45, 2.75) is 64.4 Å². The van der Waals surface area contributed by atoms with E-state index >= 15 is 0 Å². The van der Waals surface area contributed by atoms with Crippen molar-refractivity contribution < 1.29 is 14.3 Å². The lowest BCUT2D eigenvalue weighted by atomic mass is 9.86. The van der Waals surface area contributed by atoms with Gasteiger partial charge in [0, 0.05) is 25.7 Å². The summed E-state index contributed by atoms with van der Waals surface area (Å²) in [5.74, 6) is 0. The number of nitrogens with one attached hydrogen (secondary N) is 2. The standard InChI is InChI=1S/C18H28N2O3/c1-18(2,3)23-17(21)20-16-9-15(10-16)19-11-13-5-7-14(8-6-13)12-22-4/h5-8,15-16,19H,9-12H2,1-4H3,(H,20,21). The first-order valence-corrected chi connectivity index (χ1v) is 8.15. The molecule has 5 nitrogen and oxygen atoms in total. The highest BCUT2D eigenvalue weighted by Gasteiger charge is 2.31. The molecule has 1 fully saturated rings. The molecule has 0 unspecified atom stereocenters. The van der Waals surface area contributed by atoms with E-state index in [-0.39, 0.29) is 12.1 Å². The maximum absolute atomic E-state index is 11.7. The lowest BCUT2D eigenvalue weighted by Crippen LogP contribution is -2.52.